The van der Waals surface area contributed by atoms with Crippen LogP contribution in [0.2, 0.25) is 0 Å². The number of hydrogen-bond donors (Lipinski definition) is 1. The monoisotopic (exact) mass is 369 g/mol. The fraction of sp³-hybridized carbons (Fsp3) is 0.167. The quantitative estimate of drug-likeness (QED) is 0.656. The Bertz CT molecular complexity index is 947. The van der Waals surface area contributed by atoms with Crippen LogP contribution in [0, 0.1) is 11.3 Å². The number of anilines is 1. The molecule has 0 atom stereocenters. The van der Waals surface area contributed by atoms with Crippen LogP contribution in [-0.4, -0.2) is 23.3 Å². The zero-order valence-corrected chi connectivity index (χ0v) is 15.1. The molecule has 2 aromatic carbocycles. The van der Waals surface area contributed by atoms with Crippen LogP contribution >= 0.6 is 23.1 Å². The van der Waals surface area contributed by atoms with E-state index in [1.54, 1.807) is 24.3 Å². The van der Waals surface area contributed by atoms with Crippen LogP contribution in [0.15, 0.2) is 46.8 Å². The van der Waals surface area contributed by atoms with Gasteiger partial charge in [-0.3, -0.25) is 4.79 Å². The van der Waals surface area contributed by atoms with E-state index < -0.39 is 0 Å². The van der Waals surface area contributed by atoms with Crippen molar-refractivity contribution in [1.29, 1.82) is 5.26 Å². The average molecular weight is 369 g/mol. The van der Waals surface area contributed by atoms with E-state index in [1.165, 1.54) is 23.1 Å². The number of carbonyl (C=O) groups is 1. The predicted molar refractivity (Wildman–Crippen MR) is 101 cm³/mol. The van der Waals surface area contributed by atoms with Crippen LogP contribution in [0.3, 0.4) is 0 Å². The summed E-state index contributed by atoms with van der Waals surface area (Å²) >= 11 is 2.91. The molecule has 1 aromatic heterocycles. The van der Waals surface area contributed by atoms with E-state index in [9.17, 15) is 4.79 Å². The Hall–Kier alpha value is -2.56. The molecule has 0 bridgehead atoms. The number of ether oxygens (including phenoxy) is 1. The third kappa shape index (κ3) is 4.29. The number of fused-ring (bicyclic) bond motifs is 1. The molecule has 126 valence electrons. The minimum atomic E-state index is -0.165. The molecule has 1 N–H and O–H groups in total. The van der Waals surface area contributed by atoms with Crippen LogP contribution < -0.4 is 10.1 Å². The SMILES string of the molecule is CCOc1ccc2nc(SCC(=O)Nc3ccccc3C#N)sc2c1. The van der Waals surface area contributed by atoms with Gasteiger partial charge in [-0.1, -0.05) is 23.9 Å². The van der Waals surface area contributed by atoms with Crippen LogP contribution in [-0.2, 0) is 4.79 Å². The van der Waals surface area contributed by atoms with Crippen molar-refractivity contribution >= 4 is 44.9 Å². The first-order valence-electron chi connectivity index (χ1n) is 7.64. The van der Waals surface area contributed by atoms with Crippen LogP contribution in [0.4, 0.5) is 5.69 Å². The van der Waals surface area contributed by atoms with E-state index in [1.807, 2.05) is 25.1 Å². The van der Waals surface area contributed by atoms with Gasteiger partial charge in [0.1, 0.15) is 11.8 Å². The van der Waals surface area contributed by atoms with Gasteiger partial charge in [-0.2, -0.15) is 5.26 Å². The molecule has 0 aliphatic heterocycles. The van der Waals surface area contributed by atoms with E-state index in [-0.39, 0.29) is 11.7 Å². The van der Waals surface area contributed by atoms with E-state index >= 15 is 0 Å². The molecule has 25 heavy (non-hydrogen) atoms. The predicted octanol–water partition coefficient (Wildman–Crippen LogP) is 4.30. The number of para-hydroxylation sites is 1. The van der Waals surface area contributed by atoms with Gasteiger partial charge in [0.25, 0.3) is 0 Å². The molecule has 0 saturated carbocycles. The summed E-state index contributed by atoms with van der Waals surface area (Å²) in [7, 11) is 0. The third-order valence-corrected chi connectivity index (χ3v) is 5.46. The summed E-state index contributed by atoms with van der Waals surface area (Å²) in [6.07, 6.45) is 0. The Kier molecular flexibility index (Phi) is 5.53. The van der Waals surface area contributed by atoms with Gasteiger partial charge >= 0.3 is 0 Å². The first kappa shape index (κ1) is 17.3. The number of nitrogens with one attached hydrogen (secondary N) is 1. The molecule has 1 heterocycles. The summed E-state index contributed by atoms with van der Waals surface area (Å²) in [5.74, 6) is 0.890. The summed E-state index contributed by atoms with van der Waals surface area (Å²) in [4.78, 5) is 16.6. The van der Waals surface area contributed by atoms with Crippen molar-refractivity contribution in [3.63, 3.8) is 0 Å². The summed E-state index contributed by atoms with van der Waals surface area (Å²) in [5, 5.41) is 11.8. The van der Waals surface area contributed by atoms with Crippen LogP contribution in [0.5, 0.6) is 5.75 Å². The van der Waals surface area contributed by atoms with Crippen molar-refractivity contribution in [3.8, 4) is 11.8 Å². The number of aromatic nitrogens is 1. The highest BCUT2D eigenvalue weighted by atomic mass is 32.2. The Morgan fingerprint density at radius 1 is 1.36 bits per heavy atom. The number of benzene rings is 2. The zero-order valence-electron chi connectivity index (χ0n) is 13.5. The molecular weight excluding hydrogens is 354 g/mol. The van der Waals surface area contributed by atoms with Crippen molar-refractivity contribution in [2.45, 2.75) is 11.3 Å². The zero-order chi connectivity index (χ0) is 17.6. The number of nitriles is 1. The minimum Gasteiger partial charge on any atom is -0.494 e. The number of amides is 1. The minimum absolute atomic E-state index is 0.165. The second-order valence-electron chi connectivity index (χ2n) is 5.04. The second-order valence-corrected chi connectivity index (χ2v) is 7.29. The first-order chi connectivity index (χ1) is 12.2. The number of nitrogens with zero attached hydrogens (tertiary/aromatic N) is 2. The van der Waals surface area contributed by atoms with Gasteiger partial charge in [0.05, 0.1) is 33.8 Å². The molecule has 0 radical (unpaired) electrons. The Balaban J connectivity index is 1.64. The summed E-state index contributed by atoms with van der Waals surface area (Å²) in [5.41, 5.74) is 1.87. The number of hydrogen-bond acceptors (Lipinski definition) is 6. The Morgan fingerprint density at radius 2 is 2.20 bits per heavy atom. The lowest BCUT2D eigenvalue weighted by molar-refractivity contribution is -0.113. The van der Waals surface area contributed by atoms with E-state index in [4.69, 9.17) is 10.00 Å². The number of carbonyl (C=O) groups excluding carboxylic acids is 1. The molecule has 0 spiro atoms. The molecule has 0 aliphatic carbocycles. The fourth-order valence-corrected chi connectivity index (χ4v) is 4.10. The molecular formula is C18H15N3O2S2. The number of thioether (sulfide) groups is 1. The van der Waals surface area contributed by atoms with Crippen molar-refractivity contribution in [1.82, 2.24) is 4.98 Å². The lowest BCUT2D eigenvalue weighted by atomic mass is 10.2. The van der Waals surface area contributed by atoms with Crippen molar-refractivity contribution in [2.24, 2.45) is 0 Å². The van der Waals surface area contributed by atoms with Gasteiger partial charge < -0.3 is 10.1 Å². The molecule has 5 nitrogen and oxygen atoms in total. The van der Waals surface area contributed by atoms with Crippen molar-refractivity contribution < 1.29 is 9.53 Å². The van der Waals surface area contributed by atoms with Gasteiger partial charge in [0, 0.05) is 0 Å². The molecule has 0 fully saturated rings. The summed E-state index contributed by atoms with van der Waals surface area (Å²) in [6, 6.07) is 14.8. The molecule has 3 aromatic rings. The van der Waals surface area contributed by atoms with Crippen LogP contribution in [0.25, 0.3) is 10.2 Å². The highest BCUT2D eigenvalue weighted by Gasteiger charge is 2.10. The molecule has 0 aliphatic rings. The average Bonchev–Trinajstić information content (AvgIpc) is 3.03. The Labute approximate surface area is 153 Å². The summed E-state index contributed by atoms with van der Waals surface area (Å²) in [6.45, 7) is 2.57. The standard InChI is InChI=1S/C18H15N3O2S2/c1-2-23-13-7-8-15-16(9-13)25-18(21-15)24-11-17(22)20-14-6-4-3-5-12(14)10-19/h3-9H,2,11H2,1H3,(H,20,22). The topological polar surface area (TPSA) is 75.0 Å². The lowest BCUT2D eigenvalue weighted by Crippen LogP contribution is -2.14. The van der Waals surface area contributed by atoms with Gasteiger partial charge in [-0.15, -0.1) is 11.3 Å². The largest absolute Gasteiger partial charge is 0.494 e. The number of thiazole rings is 1. The van der Waals surface area contributed by atoms with E-state index in [0.717, 1.165) is 20.3 Å². The maximum absolute atomic E-state index is 12.1. The molecule has 3 rings (SSSR count). The van der Waals surface area contributed by atoms with Crippen molar-refractivity contribution in [3.05, 3.63) is 48.0 Å². The second kappa shape index (κ2) is 8.01. The highest BCUT2D eigenvalue weighted by molar-refractivity contribution is 8.01. The van der Waals surface area contributed by atoms with Gasteiger partial charge in [-0.05, 0) is 37.3 Å². The fourth-order valence-electron chi connectivity index (χ4n) is 2.21. The maximum atomic E-state index is 12.1. The molecule has 0 saturated heterocycles. The lowest BCUT2D eigenvalue weighted by Gasteiger charge is -2.05. The normalized spacial score (nSPS) is 10.4. The third-order valence-electron chi connectivity index (χ3n) is 3.30. The Morgan fingerprint density at radius 3 is 3.00 bits per heavy atom. The van der Waals surface area contributed by atoms with Gasteiger partial charge in [0.15, 0.2) is 4.34 Å². The highest BCUT2D eigenvalue weighted by Crippen LogP contribution is 2.32. The van der Waals surface area contributed by atoms with E-state index in [0.29, 0.717) is 17.9 Å². The first-order valence-corrected chi connectivity index (χ1v) is 9.45. The molecule has 1 amide bonds. The molecule has 0 unspecified atom stereocenters. The molecule has 7 heteroatoms. The maximum Gasteiger partial charge on any atom is 0.234 e. The van der Waals surface area contributed by atoms with Gasteiger partial charge in [-0.25, -0.2) is 4.98 Å². The van der Waals surface area contributed by atoms with E-state index in [2.05, 4.69) is 16.4 Å². The van der Waals surface area contributed by atoms with Crippen LogP contribution in [0.1, 0.15) is 12.5 Å². The number of rotatable bonds is 6. The summed E-state index contributed by atoms with van der Waals surface area (Å²) < 4.78 is 7.35. The smallest absolute Gasteiger partial charge is 0.234 e. The van der Waals surface area contributed by atoms with Crippen molar-refractivity contribution in [2.75, 3.05) is 17.7 Å². The van der Waals surface area contributed by atoms with Gasteiger partial charge in [0.2, 0.25) is 5.91 Å².